The summed E-state index contributed by atoms with van der Waals surface area (Å²) < 4.78 is 27.5. The van der Waals surface area contributed by atoms with E-state index in [0.29, 0.717) is 4.90 Å². The number of nitrogens with zero attached hydrogens (tertiary/aromatic N) is 1. The van der Waals surface area contributed by atoms with E-state index in [9.17, 15) is 8.42 Å². The lowest BCUT2D eigenvalue weighted by Gasteiger charge is -2.38. The first-order valence-electron chi connectivity index (χ1n) is 6.95. The van der Waals surface area contributed by atoms with Crippen LogP contribution in [-0.4, -0.2) is 24.8 Å². The molecule has 1 fully saturated rings. The molecule has 1 aromatic rings. The molecule has 1 saturated heterocycles. The second-order valence-corrected chi connectivity index (χ2v) is 7.54. The van der Waals surface area contributed by atoms with Gasteiger partial charge in [-0.3, -0.25) is 0 Å². The van der Waals surface area contributed by atoms with Gasteiger partial charge in [-0.2, -0.15) is 4.31 Å². The molecule has 106 valence electrons. The van der Waals surface area contributed by atoms with Crippen molar-refractivity contribution < 1.29 is 8.42 Å². The number of hydrogen-bond donors (Lipinski definition) is 0. The summed E-state index contributed by atoms with van der Waals surface area (Å²) in [6.45, 7) is 7.82. The maximum atomic E-state index is 12.9. The maximum Gasteiger partial charge on any atom is 0.243 e. The highest BCUT2D eigenvalue weighted by Gasteiger charge is 2.36. The fraction of sp³-hybridized carbons (Fsp3) is 0.600. The van der Waals surface area contributed by atoms with Crippen molar-refractivity contribution in [2.75, 3.05) is 0 Å². The third-order valence-electron chi connectivity index (χ3n) is 4.01. The number of sulfonamides is 1. The first kappa shape index (κ1) is 14.5. The van der Waals surface area contributed by atoms with Gasteiger partial charge >= 0.3 is 0 Å². The molecular formula is C15H23NO2S. The van der Waals surface area contributed by atoms with Gasteiger partial charge in [0.25, 0.3) is 0 Å². The van der Waals surface area contributed by atoms with Gasteiger partial charge < -0.3 is 0 Å². The van der Waals surface area contributed by atoms with Crippen molar-refractivity contribution in [3.05, 3.63) is 29.3 Å². The topological polar surface area (TPSA) is 37.4 Å². The number of hydrogen-bond acceptors (Lipinski definition) is 2. The SMILES string of the molecule is Cc1ccc(C)c(S(=O)(=O)N2C(C)CCCC2C)c1. The van der Waals surface area contributed by atoms with E-state index >= 15 is 0 Å². The normalized spacial score (nSPS) is 25.5. The quantitative estimate of drug-likeness (QED) is 0.834. The van der Waals surface area contributed by atoms with Crippen LogP contribution in [0, 0.1) is 13.8 Å². The molecule has 1 heterocycles. The smallest absolute Gasteiger partial charge is 0.207 e. The minimum Gasteiger partial charge on any atom is -0.207 e. The minimum absolute atomic E-state index is 0.0914. The van der Waals surface area contributed by atoms with Gasteiger partial charge in [-0.05, 0) is 57.7 Å². The molecule has 2 atom stereocenters. The third-order valence-corrected chi connectivity index (χ3v) is 6.28. The van der Waals surface area contributed by atoms with Crippen LogP contribution < -0.4 is 0 Å². The lowest BCUT2D eigenvalue weighted by Crippen LogP contribution is -2.47. The van der Waals surface area contributed by atoms with Crippen molar-refractivity contribution in [1.82, 2.24) is 4.31 Å². The molecular weight excluding hydrogens is 258 g/mol. The summed E-state index contributed by atoms with van der Waals surface area (Å²) in [6, 6.07) is 5.82. The van der Waals surface area contributed by atoms with E-state index in [1.165, 1.54) is 0 Å². The summed E-state index contributed by atoms with van der Waals surface area (Å²) in [7, 11) is -3.38. The zero-order valence-electron chi connectivity index (χ0n) is 12.2. The Morgan fingerprint density at radius 1 is 1.11 bits per heavy atom. The van der Waals surface area contributed by atoms with E-state index in [0.717, 1.165) is 30.4 Å². The molecule has 2 rings (SSSR count). The number of piperidine rings is 1. The van der Waals surface area contributed by atoms with Crippen LogP contribution in [0.1, 0.15) is 44.2 Å². The van der Waals surface area contributed by atoms with Crippen LogP contribution >= 0.6 is 0 Å². The average Bonchev–Trinajstić information content (AvgIpc) is 2.31. The van der Waals surface area contributed by atoms with Crippen LogP contribution in [-0.2, 0) is 10.0 Å². The molecule has 1 aliphatic heterocycles. The molecule has 0 saturated carbocycles. The van der Waals surface area contributed by atoms with Crippen molar-refractivity contribution in [1.29, 1.82) is 0 Å². The Morgan fingerprint density at radius 2 is 1.68 bits per heavy atom. The monoisotopic (exact) mass is 281 g/mol. The van der Waals surface area contributed by atoms with E-state index in [2.05, 4.69) is 0 Å². The van der Waals surface area contributed by atoms with Crippen LogP contribution in [0.25, 0.3) is 0 Å². The average molecular weight is 281 g/mol. The van der Waals surface area contributed by atoms with E-state index in [1.807, 2.05) is 39.8 Å². The third kappa shape index (κ3) is 2.70. The van der Waals surface area contributed by atoms with Crippen LogP contribution in [0.3, 0.4) is 0 Å². The molecule has 1 aromatic carbocycles. The molecule has 0 aliphatic carbocycles. The highest BCUT2D eigenvalue weighted by atomic mass is 32.2. The Kier molecular flexibility index (Phi) is 4.02. The second kappa shape index (κ2) is 5.25. The predicted molar refractivity (Wildman–Crippen MR) is 77.7 cm³/mol. The standard InChI is InChI=1S/C15H23NO2S/c1-11-8-9-12(2)15(10-11)19(17,18)16-13(3)6-5-7-14(16)4/h8-10,13-14H,5-7H2,1-4H3. The highest BCUT2D eigenvalue weighted by molar-refractivity contribution is 7.89. The molecule has 0 radical (unpaired) electrons. The number of rotatable bonds is 2. The fourth-order valence-corrected chi connectivity index (χ4v) is 5.17. The van der Waals surface area contributed by atoms with Crippen molar-refractivity contribution >= 4 is 10.0 Å². The molecule has 2 unspecified atom stereocenters. The summed E-state index contributed by atoms with van der Waals surface area (Å²) in [5.41, 5.74) is 1.82. The fourth-order valence-electron chi connectivity index (χ4n) is 2.97. The molecule has 4 heteroatoms. The highest BCUT2D eigenvalue weighted by Crippen LogP contribution is 2.31. The Morgan fingerprint density at radius 3 is 2.26 bits per heavy atom. The van der Waals surface area contributed by atoms with E-state index in [1.54, 1.807) is 10.4 Å². The molecule has 1 aliphatic rings. The summed E-state index contributed by atoms with van der Waals surface area (Å²) in [5, 5.41) is 0. The zero-order chi connectivity index (χ0) is 14.2. The molecule has 19 heavy (non-hydrogen) atoms. The van der Waals surface area contributed by atoms with Crippen LogP contribution in [0.2, 0.25) is 0 Å². The van der Waals surface area contributed by atoms with Gasteiger partial charge in [-0.25, -0.2) is 8.42 Å². The zero-order valence-corrected chi connectivity index (χ0v) is 13.0. The van der Waals surface area contributed by atoms with Gasteiger partial charge in [0.05, 0.1) is 4.90 Å². The Balaban J connectivity index is 2.49. The van der Waals surface area contributed by atoms with Crippen molar-refractivity contribution in [3.63, 3.8) is 0 Å². The largest absolute Gasteiger partial charge is 0.243 e. The van der Waals surface area contributed by atoms with Crippen LogP contribution in [0.5, 0.6) is 0 Å². The molecule has 0 amide bonds. The molecule has 0 aromatic heterocycles. The number of benzene rings is 1. The summed E-state index contributed by atoms with van der Waals surface area (Å²) in [6.07, 6.45) is 3.02. The minimum atomic E-state index is -3.38. The van der Waals surface area contributed by atoms with E-state index in [4.69, 9.17) is 0 Å². The van der Waals surface area contributed by atoms with Gasteiger partial charge in [-0.15, -0.1) is 0 Å². The Labute approximate surface area is 116 Å². The van der Waals surface area contributed by atoms with Crippen LogP contribution in [0.4, 0.5) is 0 Å². The van der Waals surface area contributed by atoms with Gasteiger partial charge in [-0.1, -0.05) is 18.6 Å². The van der Waals surface area contributed by atoms with Crippen molar-refractivity contribution in [2.24, 2.45) is 0 Å². The van der Waals surface area contributed by atoms with Gasteiger partial charge in [0, 0.05) is 12.1 Å². The van der Waals surface area contributed by atoms with Crippen molar-refractivity contribution in [2.45, 2.75) is 63.9 Å². The van der Waals surface area contributed by atoms with Gasteiger partial charge in [0.2, 0.25) is 10.0 Å². The lowest BCUT2D eigenvalue weighted by atomic mass is 10.0. The van der Waals surface area contributed by atoms with Gasteiger partial charge in [0.15, 0.2) is 0 Å². The molecule has 0 bridgehead atoms. The molecule has 0 N–H and O–H groups in total. The number of aryl methyl sites for hydroxylation is 2. The van der Waals surface area contributed by atoms with Gasteiger partial charge in [0.1, 0.15) is 0 Å². The van der Waals surface area contributed by atoms with E-state index in [-0.39, 0.29) is 12.1 Å². The predicted octanol–water partition coefficient (Wildman–Crippen LogP) is 3.26. The Bertz CT molecular complexity index is 556. The second-order valence-electron chi connectivity index (χ2n) is 5.73. The summed E-state index contributed by atoms with van der Waals surface area (Å²) in [5.74, 6) is 0. The first-order chi connectivity index (χ1) is 8.84. The first-order valence-corrected chi connectivity index (χ1v) is 8.39. The Hall–Kier alpha value is -0.870. The molecule has 3 nitrogen and oxygen atoms in total. The van der Waals surface area contributed by atoms with Crippen molar-refractivity contribution in [3.8, 4) is 0 Å². The summed E-state index contributed by atoms with van der Waals surface area (Å²) in [4.78, 5) is 0.466. The van der Waals surface area contributed by atoms with Crippen LogP contribution in [0.15, 0.2) is 23.1 Å². The molecule has 0 spiro atoms. The maximum absolute atomic E-state index is 12.9. The van der Waals surface area contributed by atoms with E-state index < -0.39 is 10.0 Å². The summed E-state index contributed by atoms with van der Waals surface area (Å²) >= 11 is 0. The lowest BCUT2D eigenvalue weighted by molar-refractivity contribution is 0.204.